The largest absolute Gasteiger partial charge is 0.631 e. The van der Waals surface area contributed by atoms with Gasteiger partial charge in [-0.15, -0.1) is 0 Å². The van der Waals surface area contributed by atoms with Crippen molar-refractivity contribution in [1.82, 2.24) is 0 Å². The van der Waals surface area contributed by atoms with Crippen LogP contribution in [0.4, 0.5) is 0 Å². The van der Waals surface area contributed by atoms with E-state index in [9.17, 15) is 0 Å². The van der Waals surface area contributed by atoms with Crippen molar-refractivity contribution in [3.05, 3.63) is 243 Å². The summed E-state index contributed by atoms with van der Waals surface area (Å²) in [4.78, 5) is 0. The predicted octanol–water partition coefficient (Wildman–Crippen LogP) is 7.27. The van der Waals surface area contributed by atoms with Gasteiger partial charge in [-0.25, -0.2) is 0 Å². The highest BCUT2D eigenvalue weighted by Crippen LogP contribution is 2.40. The minimum atomic E-state index is -4.42. The maximum Gasteiger partial charge on any atom is 0.631 e. The van der Waals surface area contributed by atoms with E-state index in [1.807, 2.05) is 201 Å². The standard InChI is InChI=1S/C60H64B2O9Si4/c1-57(2)58(3,4)64-61(63-57)67-72(49-33-17-9-18-34-49,50-35-19-10-20-36-50)69-74(53-41-25-13-26-42-53,54-43-27-14-28-44-54)71-75(55-45-29-15-30-46-55,56-47-31-16-32-48-56)70-73(51-37-21-11-22-38-51,52-39-23-12-24-40-52)68-62-65-59(5,6)60(7,8)66-62/h9-48H,1-8H3. The van der Waals surface area contributed by atoms with Gasteiger partial charge in [-0.3, -0.25) is 0 Å². The van der Waals surface area contributed by atoms with E-state index >= 15 is 0 Å². The second-order valence-corrected chi connectivity index (χ2v) is 33.5. The van der Waals surface area contributed by atoms with E-state index in [1.165, 1.54) is 0 Å². The first kappa shape index (κ1) is 52.8. The minimum absolute atomic E-state index is 0.731. The van der Waals surface area contributed by atoms with Gasteiger partial charge < -0.3 is 39.6 Å². The molecule has 0 aromatic heterocycles. The molecule has 0 N–H and O–H groups in total. The lowest BCUT2D eigenvalue weighted by molar-refractivity contribution is 0.00578. The Kier molecular flexibility index (Phi) is 14.8. The molecule has 75 heavy (non-hydrogen) atoms. The van der Waals surface area contributed by atoms with Crippen LogP contribution in [-0.4, -0.2) is 71.3 Å². The average Bonchev–Trinajstić information content (AvgIpc) is 3.79. The summed E-state index contributed by atoms with van der Waals surface area (Å²) in [6, 6.07) is 82.1. The Bertz CT molecular complexity index is 2710. The van der Waals surface area contributed by atoms with Crippen molar-refractivity contribution in [1.29, 1.82) is 0 Å². The summed E-state index contributed by atoms with van der Waals surface area (Å²) in [6.07, 6.45) is 0. The Labute approximate surface area is 448 Å². The van der Waals surface area contributed by atoms with E-state index in [1.54, 1.807) is 0 Å². The van der Waals surface area contributed by atoms with Gasteiger partial charge in [0.1, 0.15) is 0 Å². The van der Waals surface area contributed by atoms with Crippen molar-refractivity contribution in [2.75, 3.05) is 0 Å². The molecule has 0 bridgehead atoms. The van der Waals surface area contributed by atoms with Crippen LogP contribution in [0.25, 0.3) is 0 Å². The number of hydrogen-bond donors (Lipinski definition) is 0. The molecule has 2 fully saturated rings. The summed E-state index contributed by atoms with van der Waals surface area (Å²) >= 11 is 0. The number of rotatable bonds is 18. The number of benzene rings is 8. The summed E-state index contributed by atoms with van der Waals surface area (Å²) in [6.45, 7) is 16.2. The van der Waals surface area contributed by atoms with Crippen molar-refractivity contribution in [2.24, 2.45) is 0 Å². The van der Waals surface area contributed by atoms with Gasteiger partial charge in [0.15, 0.2) is 0 Å². The first-order chi connectivity index (χ1) is 36.0. The second-order valence-electron chi connectivity index (χ2n) is 21.0. The van der Waals surface area contributed by atoms with E-state index < -0.39 is 71.3 Å². The zero-order valence-corrected chi connectivity index (χ0v) is 47.9. The molecular weight excluding hydrogens is 999 g/mol. The van der Waals surface area contributed by atoms with E-state index in [0.717, 1.165) is 41.5 Å². The molecule has 0 spiro atoms. The second kappa shape index (κ2) is 21.1. The van der Waals surface area contributed by atoms with E-state index in [4.69, 9.17) is 39.6 Å². The van der Waals surface area contributed by atoms with Crippen LogP contribution >= 0.6 is 0 Å². The highest BCUT2D eigenvalue weighted by atomic mass is 28.5. The van der Waals surface area contributed by atoms with Crippen molar-refractivity contribution in [3.63, 3.8) is 0 Å². The van der Waals surface area contributed by atoms with Crippen molar-refractivity contribution < 1.29 is 39.6 Å². The molecule has 0 amide bonds. The molecule has 9 nitrogen and oxygen atoms in total. The molecule has 0 aliphatic carbocycles. The normalized spacial score (nSPS) is 17.2. The minimum Gasteiger partial charge on any atom is -0.402 e. The highest BCUT2D eigenvalue weighted by molar-refractivity contribution is 7.12. The molecule has 0 atom stereocenters. The van der Waals surface area contributed by atoms with Crippen LogP contribution < -0.4 is 41.5 Å². The fraction of sp³-hybridized carbons (Fsp3) is 0.200. The van der Waals surface area contributed by atoms with Gasteiger partial charge in [0.25, 0.3) is 0 Å². The summed E-state index contributed by atoms with van der Waals surface area (Å²) in [7, 11) is -19.5. The average molecular weight is 1060 g/mol. The van der Waals surface area contributed by atoms with E-state index in [-0.39, 0.29) is 0 Å². The fourth-order valence-corrected chi connectivity index (χ4v) is 29.2. The lowest BCUT2D eigenvalue weighted by Gasteiger charge is -2.48. The van der Waals surface area contributed by atoms with Crippen molar-refractivity contribution in [2.45, 2.75) is 77.8 Å². The van der Waals surface area contributed by atoms with Crippen LogP contribution in [0.5, 0.6) is 0 Å². The van der Waals surface area contributed by atoms with E-state index in [2.05, 4.69) is 97.1 Å². The van der Waals surface area contributed by atoms with Gasteiger partial charge in [0.05, 0.1) is 22.4 Å². The lowest BCUT2D eigenvalue weighted by atomic mass is 9.90. The van der Waals surface area contributed by atoms with Gasteiger partial charge in [0, 0.05) is 0 Å². The summed E-state index contributed by atoms with van der Waals surface area (Å²) < 4.78 is 68.8. The Balaban J connectivity index is 1.32. The van der Waals surface area contributed by atoms with Crippen LogP contribution in [0.2, 0.25) is 0 Å². The first-order valence-electron chi connectivity index (χ1n) is 25.6. The quantitative estimate of drug-likeness (QED) is 0.0825. The van der Waals surface area contributed by atoms with Crippen molar-refractivity contribution in [3.8, 4) is 0 Å². The third-order valence-electron chi connectivity index (χ3n) is 15.1. The molecule has 2 aliphatic rings. The topological polar surface area (TPSA) is 83.1 Å². The van der Waals surface area contributed by atoms with Crippen LogP contribution in [0, 0.1) is 0 Å². The molecule has 0 radical (unpaired) electrons. The molecule has 8 aromatic carbocycles. The molecular formula is C60H64B2O9Si4. The smallest absolute Gasteiger partial charge is 0.402 e. The van der Waals surface area contributed by atoms with Gasteiger partial charge >= 0.3 is 48.9 Å². The summed E-state index contributed by atoms with van der Waals surface area (Å²) in [5.41, 5.74) is -2.92. The molecule has 2 saturated heterocycles. The summed E-state index contributed by atoms with van der Waals surface area (Å²) in [5, 5.41) is 6.59. The van der Waals surface area contributed by atoms with Gasteiger partial charge in [-0.2, -0.15) is 0 Å². The van der Waals surface area contributed by atoms with Crippen molar-refractivity contribution >= 4 is 90.4 Å². The van der Waals surface area contributed by atoms with Gasteiger partial charge in [-0.05, 0) is 96.9 Å². The molecule has 10 rings (SSSR count). The highest BCUT2D eigenvalue weighted by Gasteiger charge is 2.66. The van der Waals surface area contributed by atoms with Gasteiger partial charge in [-0.1, -0.05) is 243 Å². The Morgan fingerprint density at radius 2 is 0.387 bits per heavy atom. The zero-order chi connectivity index (χ0) is 52.4. The van der Waals surface area contributed by atoms with Crippen LogP contribution in [0.15, 0.2) is 243 Å². The van der Waals surface area contributed by atoms with Crippen LogP contribution in [0.3, 0.4) is 0 Å². The SMILES string of the molecule is CC1(C)OB(O[Si](O[Si](O[Si](O[Si](OB2OC(C)(C)C(C)(C)O2)(c2ccccc2)c2ccccc2)(c2ccccc2)c2ccccc2)(c2ccccc2)c2ccccc2)(c2ccccc2)c2ccccc2)OC1(C)C. The maximum absolute atomic E-state index is 8.84. The maximum atomic E-state index is 8.84. The van der Waals surface area contributed by atoms with E-state index in [0.29, 0.717) is 0 Å². The first-order valence-corrected chi connectivity index (χ1v) is 32.9. The predicted molar refractivity (Wildman–Crippen MR) is 309 cm³/mol. The number of hydrogen-bond acceptors (Lipinski definition) is 9. The zero-order valence-electron chi connectivity index (χ0n) is 43.9. The Hall–Kier alpha value is -5.60. The van der Waals surface area contributed by atoms with Crippen LogP contribution in [0.1, 0.15) is 55.4 Å². The molecule has 15 heteroatoms. The third kappa shape index (κ3) is 10.1. The third-order valence-corrected chi connectivity index (χ3v) is 31.8. The Morgan fingerprint density at radius 3 is 0.560 bits per heavy atom. The van der Waals surface area contributed by atoms with Gasteiger partial charge in [0.2, 0.25) is 0 Å². The fourth-order valence-electron chi connectivity index (χ4n) is 9.55. The molecule has 0 saturated carbocycles. The molecule has 2 aliphatic heterocycles. The Morgan fingerprint density at radius 1 is 0.240 bits per heavy atom. The lowest BCUT2D eigenvalue weighted by Crippen LogP contribution is -2.83. The van der Waals surface area contributed by atoms with Crippen LogP contribution in [-0.2, 0) is 39.6 Å². The monoisotopic (exact) mass is 1060 g/mol. The molecule has 2 heterocycles. The summed E-state index contributed by atoms with van der Waals surface area (Å²) in [5.74, 6) is 0. The molecule has 0 unspecified atom stereocenters. The molecule has 8 aromatic rings. The molecule has 380 valence electrons.